The molecule has 0 aromatic rings. The van der Waals surface area contributed by atoms with Gasteiger partial charge in [0, 0.05) is 22.9 Å². The molecule has 2 nitrogen and oxygen atoms in total. The second-order valence-electron chi connectivity index (χ2n) is 2.26. The van der Waals surface area contributed by atoms with Crippen molar-refractivity contribution in [3.63, 3.8) is 0 Å². The van der Waals surface area contributed by atoms with Crippen LogP contribution in [0.4, 0.5) is 0 Å². The Morgan fingerprint density at radius 2 is 2.14 bits per heavy atom. The zero-order valence-corrected chi connectivity index (χ0v) is 6.69. The molecule has 0 atom stereocenters. The van der Waals surface area contributed by atoms with E-state index in [-0.39, 0.29) is 5.66 Å². The molecule has 1 aliphatic heterocycles. The smallest absolute Gasteiger partial charge is 0.0768 e. The molecular weight excluding hydrogens is 203 g/mol. The number of nitrogens with zero attached hydrogens (tertiary/aromatic N) is 1. The molecule has 0 spiro atoms. The molecule has 0 amide bonds. The Hall–Kier alpha value is 0.650. The molecular formula is C4H9IN2. The minimum atomic E-state index is 0.251. The molecule has 0 aromatic heterocycles. The molecule has 42 valence electrons. The van der Waals surface area contributed by atoms with Crippen LogP contribution < -0.4 is 5.32 Å². The van der Waals surface area contributed by atoms with Gasteiger partial charge in [-0.3, -0.25) is 5.32 Å². The summed E-state index contributed by atoms with van der Waals surface area (Å²) in [6, 6.07) is 0. The molecule has 0 saturated carbocycles. The van der Waals surface area contributed by atoms with E-state index in [0.717, 1.165) is 6.67 Å². The molecule has 1 fully saturated rings. The van der Waals surface area contributed by atoms with E-state index in [4.69, 9.17) is 0 Å². The highest BCUT2D eigenvalue weighted by Crippen LogP contribution is 2.21. The highest BCUT2D eigenvalue weighted by molar-refractivity contribution is 14.1. The Morgan fingerprint density at radius 3 is 2.14 bits per heavy atom. The normalized spacial score (nSPS) is 29.6. The predicted molar refractivity (Wildman–Crippen MR) is 37.9 cm³/mol. The van der Waals surface area contributed by atoms with Crippen molar-refractivity contribution in [3.05, 3.63) is 0 Å². The third-order valence-electron chi connectivity index (χ3n) is 1.26. The van der Waals surface area contributed by atoms with Crippen LogP contribution in [-0.4, -0.2) is 15.4 Å². The molecule has 0 unspecified atom stereocenters. The standard InChI is InChI=1S/C4H9IN2/c1-4(2)6-3-7(4)5/h6H,3H2,1-2H3. The van der Waals surface area contributed by atoms with Crippen LogP contribution in [0.2, 0.25) is 0 Å². The van der Waals surface area contributed by atoms with Crippen LogP contribution in [0.1, 0.15) is 13.8 Å². The van der Waals surface area contributed by atoms with Gasteiger partial charge in [0.25, 0.3) is 0 Å². The summed E-state index contributed by atoms with van der Waals surface area (Å²) in [6.45, 7) is 5.33. The molecule has 1 aliphatic rings. The summed E-state index contributed by atoms with van der Waals surface area (Å²) >= 11 is 2.31. The first-order valence-corrected chi connectivity index (χ1v) is 3.28. The molecule has 1 rings (SSSR count). The van der Waals surface area contributed by atoms with E-state index >= 15 is 0 Å². The van der Waals surface area contributed by atoms with Gasteiger partial charge in [0.15, 0.2) is 0 Å². The molecule has 0 aliphatic carbocycles. The highest BCUT2D eigenvalue weighted by Gasteiger charge is 2.32. The number of nitrogens with one attached hydrogen (secondary N) is 1. The fourth-order valence-electron chi connectivity index (χ4n) is 0.455. The zero-order valence-electron chi connectivity index (χ0n) is 4.53. The summed E-state index contributed by atoms with van der Waals surface area (Å²) in [5, 5.41) is 3.25. The lowest BCUT2D eigenvalue weighted by molar-refractivity contribution is 0.0932. The number of hydrogen-bond acceptors (Lipinski definition) is 2. The Balaban J connectivity index is 2.43. The summed E-state index contributed by atoms with van der Waals surface area (Å²) in [4.78, 5) is 0. The van der Waals surface area contributed by atoms with Gasteiger partial charge in [0.2, 0.25) is 0 Å². The summed E-state index contributed by atoms with van der Waals surface area (Å²) in [5.41, 5.74) is 0.251. The van der Waals surface area contributed by atoms with Crippen LogP contribution >= 0.6 is 22.9 Å². The van der Waals surface area contributed by atoms with E-state index in [2.05, 4.69) is 45.1 Å². The van der Waals surface area contributed by atoms with E-state index in [1.54, 1.807) is 0 Å². The van der Waals surface area contributed by atoms with Gasteiger partial charge in [-0.2, -0.15) is 0 Å². The van der Waals surface area contributed by atoms with Crippen LogP contribution in [0.5, 0.6) is 0 Å². The topological polar surface area (TPSA) is 15.3 Å². The second-order valence-corrected chi connectivity index (χ2v) is 3.42. The minimum Gasteiger partial charge on any atom is -0.285 e. The van der Waals surface area contributed by atoms with Crippen molar-refractivity contribution in [2.75, 3.05) is 6.67 Å². The predicted octanol–water partition coefficient (Wildman–Crippen LogP) is 0.935. The monoisotopic (exact) mass is 212 g/mol. The Bertz CT molecular complexity index is 81.8. The maximum atomic E-state index is 3.25. The van der Waals surface area contributed by atoms with Crippen LogP contribution in [0.3, 0.4) is 0 Å². The number of halogens is 1. The van der Waals surface area contributed by atoms with Gasteiger partial charge < -0.3 is 0 Å². The van der Waals surface area contributed by atoms with Crippen molar-refractivity contribution in [1.82, 2.24) is 8.43 Å². The molecule has 1 heterocycles. The van der Waals surface area contributed by atoms with Gasteiger partial charge in [0.05, 0.1) is 12.3 Å². The van der Waals surface area contributed by atoms with E-state index in [9.17, 15) is 0 Å². The SMILES string of the molecule is CC1(C)NCN1I. The van der Waals surface area contributed by atoms with Crippen LogP contribution in [0.25, 0.3) is 0 Å². The lowest BCUT2D eigenvalue weighted by atomic mass is 10.2. The maximum Gasteiger partial charge on any atom is 0.0768 e. The molecule has 0 aromatic carbocycles. The third-order valence-corrected chi connectivity index (χ3v) is 2.80. The van der Waals surface area contributed by atoms with Crippen molar-refractivity contribution in [2.24, 2.45) is 0 Å². The lowest BCUT2D eigenvalue weighted by Crippen LogP contribution is -2.64. The Morgan fingerprint density at radius 1 is 1.71 bits per heavy atom. The molecule has 1 N–H and O–H groups in total. The fourth-order valence-corrected chi connectivity index (χ4v) is 0.796. The molecule has 7 heavy (non-hydrogen) atoms. The van der Waals surface area contributed by atoms with Crippen molar-refractivity contribution in [2.45, 2.75) is 19.5 Å². The average molecular weight is 212 g/mol. The number of hydrogen-bond donors (Lipinski definition) is 1. The minimum absolute atomic E-state index is 0.251. The Labute approximate surface area is 57.8 Å². The van der Waals surface area contributed by atoms with E-state index in [0.29, 0.717) is 0 Å². The lowest BCUT2D eigenvalue weighted by Gasteiger charge is -2.44. The van der Waals surface area contributed by atoms with Gasteiger partial charge in [-0.15, -0.1) is 0 Å². The summed E-state index contributed by atoms with van der Waals surface area (Å²) in [6.07, 6.45) is 0. The van der Waals surface area contributed by atoms with Gasteiger partial charge >= 0.3 is 0 Å². The molecule has 0 radical (unpaired) electrons. The van der Waals surface area contributed by atoms with E-state index < -0.39 is 0 Å². The van der Waals surface area contributed by atoms with Crippen molar-refractivity contribution in [3.8, 4) is 0 Å². The van der Waals surface area contributed by atoms with Gasteiger partial charge in [-0.25, -0.2) is 3.11 Å². The highest BCUT2D eigenvalue weighted by atomic mass is 127. The van der Waals surface area contributed by atoms with Gasteiger partial charge in [-0.1, -0.05) is 0 Å². The summed E-state index contributed by atoms with van der Waals surface area (Å²) in [7, 11) is 0. The van der Waals surface area contributed by atoms with Gasteiger partial charge in [0.1, 0.15) is 0 Å². The average Bonchev–Trinajstić information content (AvgIpc) is 1.63. The van der Waals surface area contributed by atoms with Crippen molar-refractivity contribution in [1.29, 1.82) is 0 Å². The maximum absolute atomic E-state index is 3.25. The van der Waals surface area contributed by atoms with Crippen molar-refractivity contribution < 1.29 is 0 Å². The second kappa shape index (κ2) is 1.56. The van der Waals surface area contributed by atoms with Crippen LogP contribution in [0.15, 0.2) is 0 Å². The quantitative estimate of drug-likeness (QED) is 0.474. The summed E-state index contributed by atoms with van der Waals surface area (Å²) < 4.78 is 2.23. The number of rotatable bonds is 0. The first kappa shape index (κ1) is 5.78. The van der Waals surface area contributed by atoms with Crippen molar-refractivity contribution >= 4 is 22.9 Å². The Kier molecular flexibility index (Phi) is 1.29. The van der Waals surface area contributed by atoms with Crippen LogP contribution in [-0.2, 0) is 0 Å². The van der Waals surface area contributed by atoms with Gasteiger partial charge in [-0.05, 0) is 13.8 Å². The molecule has 1 saturated heterocycles. The molecule has 0 bridgehead atoms. The van der Waals surface area contributed by atoms with E-state index in [1.807, 2.05) is 0 Å². The largest absolute Gasteiger partial charge is 0.285 e. The molecule has 3 heteroatoms. The zero-order chi connectivity index (χ0) is 5.49. The van der Waals surface area contributed by atoms with Crippen LogP contribution in [0, 0.1) is 0 Å². The summed E-state index contributed by atoms with van der Waals surface area (Å²) in [5.74, 6) is 0. The first-order chi connectivity index (χ1) is 3.13. The van der Waals surface area contributed by atoms with E-state index in [1.165, 1.54) is 0 Å². The third kappa shape index (κ3) is 0.899. The fraction of sp³-hybridized carbons (Fsp3) is 1.00. The first-order valence-electron chi connectivity index (χ1n) is 2.31.